The van der Waals surface area contributed by atoms with Crippen molar-refractivity contribution in [3.63, 3.8) is 0 Å². The molecule has 0 amide bonds. The third-order valence-corrected chi connectivity index (χ3v) is 7.71. The Morgan fingerprint density at radius 2 is 1.82 bits per heavy atom. The average Bonchev–Trinajstić information content (AvgIpc) is 3.12. The number of hydrogen-bond acceptors (Lipinski definition) is 5. The van der Waals surface area contributed by atoms with Crippen LogP contribution in [0, 0.1) is 16.7 Å². The van der Waals surface area contributed by atoms with E-state index in [1.54, 1.807) is 6.08 Å². The van der Waals surface area contributed by atoms with Crippen LogP contribution < -0.4 is 0 Å². The maximum atomic E-state index is 11.8. The second-order valence-corrected chi connectivity index (χ2v) is 9.53. The molecular weight excluding hydrogens is 416 g/mol. The predicted octanol–water partition coefficient (Wildman–Crippen LogP) is 5.91. The van der Waals surface area contributed by atoms with Crippen molar-refractivity contribution in [2.45, 2.75) is 99.0 Å². The van der Waals surface area contributed by atoms with E-state index in [1.165, 1.54) is 30.2 Å². The number of carbonyl (C=O) groups is 3. The molecule has 0 aromatic heterocycles. The van der Waals surface area contributed by atoms with Crippen molar-refractivity contribution in [3.8, 4) is 0 Å². The quantitative estimate of drug-likeness (QED) is 0.530. The van der Waals surface area contributed by atoms with Crippen LogP contribution >= 0.6 is 0 Å². The number of ether oxygens (including phenoxy) is 1. The van der Waals surface area contributed by atoms with E-state index in [1.807, 2.05) is 20.8 Å². The van der Waals surface area contributed by atoms with Crippen molar-refractivity contribution in [3.05, 3.63) is 34.4 Å². The summed E-state index contributed by atoms with van der Waals surface area (Å²) in [5, 5.41) is 10.7. The summed E-state index contributed by atoms with van der Waals surface area (Å²) >= 11 is 0. The first-order chi connectivity index (χ1) is 15.7. The number of rotatable bonds is 3. The maximum Gasteiger partial charge on any atom is 0.292 e. The number of allylic oxidation sites excluding steroid dienone is 4. The van der Waals surface area contributed by atoms with Crippen LogP contribution in [0.3, 0.4) is 0 Å². The Bertz CT molecular complexity index is 790. The van der Waals surface area contributed by atoms with Gasteiger partial charge in [-0.3, -0.25) is 9.59 Å². The van der Waals surface area contributed by atoms with E-state index in [0.29, 0.717) is 37.1 Å². The number of fused-ring (bicyclic) bond motifs is 4. The molecule has 186 valence electrons. The SMILES string of the molecule is CC.CC1CC=C2C3=C(CCC21C)C1(C)CCC(=O)C=C1[C@@H](O)C3.CCCC=O.COC=O. The molecule has 4 atom stereocenters. The van der Waals surface area contributed by atoms with Crippen LogP contribution in [-0.2, 0) is 19.1 Å². The van der Waals surface area contributed by atoms with Crippen molar-refractivity contribution in [1.82, 2.24) is 0 Å². The minimum Gasteiger partial charge on any atom is -0.471 e. The Labute approximate surface area is 200 Å². The number of aliphatic hydroxyl groups is 1. The van der Waals surface area contributed by atoms with E-state index in [-0.39, 0.29) is 11.2 Å². The van der Waals surface area contributed by atoms with Gasteiger partial charge in [-0.05, 0) is 66.2 Å². The van der Waals surface area contributed by atoms with Crippen LogP contribution in [0.1, 0.15) is 92.9 Å². The summed E-state index contributed by atoms with van der Waals surface area (Å²) in [5.41, 5.74) is 5.65. The lowest BCUT2D eigenvalue weighted by molar-refractivity contribution is -0.126. The van der Waals surface area contributed by atoms with Gasteiger partial charge in [0.25, 0.3) is 6.47 Å². The van der Waals surface area contributed by atoms with Crippen molar-refractivity contribution >= 4 is 18.5 Å². The van der Waals surface area contributed by atoms with Gasteiger partial charge in [-0.1, -0.05) is 53.2 Å². The fraction of sp³-hybridized carbons (Fsp3) is 0.679. The summed E-state index contributed by atoms with van der Waals surface area (Å²) in [5.74, 6) is 0.885. The molecule has 4 rings (SSSR count). The lowest BCUT2D eigenvalue weighted by Gasteiger charge is -2.50. The minimum atomic E-state index is -0.479. The molecule has 1 N–H and O–H groups in total. The summed E-state index contributed by atoms with van der Waals surface area (Å²) in [4.78, 5) is 30.2. The van der Waals surface area contributed by atoms with E-state index in [9.17, 15) is 14.7 Å². The summed E-state index contributed by atoms with van der Waals surface area (Å²) in [7, 11) is 1.31. The van der Waals surface area contributed by atoms with Gasteiger partial charge in [-0.2, -0.15) is 0 Å². The Hall–Kier alpha value is -2.01. The average molecular weight is 461 g/mol. The molecule has 0 aromatic rings. The standard InChI is InChI=1S/C20H26O2.C4H8O.C2H4O2.C2H6/c1-12-4-5-15-14-11-18(22)17-10-13(21)6-8-20(17,3)16(14)7-9-19(12,15)2;1-2-3-4-5;1-4-2-3;1-2/h5,10,12,18,22H,4,6-9,11H2,1-3H3;4H,2-3H2,1H3;2H,1H3;1-2H3/t12?,18-,19?,20?;;;/m0.../s1. The van der Waals surface area contributed by atoms with E-state index in [0.717, 1.165) is 37.5 Å². The first-order valence-electron chi connectivity index (χ1n) is 12.5. The number of aliphatic hydroxyl groups excluding tert-OH is 1. The second kappa shape index (κ2) is 13.0. The van der Waals surface area contributed by atoms with Gasteiger partial charge < -0.3 is 14.6 Å². The summed E-state index contributed by atoms with van der Waals surface area (Å²) in [6, 6.07) is 0. The first-order valence-corrected chi connectivity index (χ1v) is 12.5. The highest BCUT2D eigenvalue weighted by Crippen LogP contribution is 2.61. The number of unbranched alkanes of at least 4 members (excludes halogenated alkanes) is 1. The van der Waals surface area contributed by atoms with Crippen LogP contribution in [0.2, 0.25) is 0 Å². The van der Waals surface area contributed by atoms with Gasteiger partial charge in [-0.15, -0.1) is 0 Å². The number of ketones is 1. The van der Waals surface area contributed by atoms with Gasteiger partial charge in [0.05, 0.1) is 13.2 Å². The van der Waals surface area contributed by atoms with Gasteiger partial charge in [0.15, 0.2) is 5.78 Å². The topological polar surface area (TPSA) is 80.7 Å². The lowest BCUT2D eigenvalue weighted by Crippen LogP contribution is -2.42. The predicted molar refractivity (Wildman–Crippen MR) is 133 cm³/mol. The van der Waals surface area contributed by atoms with Crippen LogP contribution in [0.5, 0.6) is 0 Å². The summed E-state index contributed by atoms with van der Waals surface area (Å²) < 4.78 is 3.86. The Balaban J connectivity index is 0.000000421. The highest BCUT2D eigenvalue weighted by molar-refractivity contribution is 5.92. The van der Waals surface area contributed by atoms with Crippen molar-refractivity contribution in [2.24, 2.45) is 16.7 Å². The summed E-state index contributed by atoms with van der Waals surface area (Å²) in [6.45, 7) is 13.4. The molecule has 0 saturated carbocycles. The molecule has 0 heterocycles. The van der Waals surface area contributed by atoms with Gasteiger partial charge in [0.2, 0.25) is 0 Å². The summed E-state index contributed by atoms with van der Waals surface area (Å²) in [6.07, 6.45) is 12.0. The monoisotopic (exact) mass is 460 g/mol. The minimum absolute atomic E-state index is 0.0884. The first kappa shape index (κ1) is 29.0. The molecule has 0 fully saturated rings. The molecule has 0 radical (unpaired) electrons. The molecule has 5 heteroatoms. The van der Waals surface area contributed by atoms with Gasteiger partial charge in [0, 0.05) is 24.7 Å². The molecular formula is C28H44O5. The zero-order valence-electron chi connectivity index (χ0n) is 21.7. The highest BCUT2D eigenvalue weighted by atomic mass is 16.5. The normalized spacial score (nSPS) is 31.3. The maximum absolute atomic E-state index is 11.8. The third-order valence-electron chi connectivity index (χ3n) is 7.71. The zero-order valence-corrected chi connectivity index (χ0v) is 21.7. The van der Waals surface area contributed by atoms with Crippen LogP contribution in [0.15, 0.2) is 34.4 Å². The van der Waals surface area contributed by atoms with Crippen molar-refractivity contribution in [2.75, 3.05) is 7.11 Å². The molecule has 0 aliphatic heterocycles. The number of carbonyl (C=O) groups excluding carboxylic acids is 3. The highest BCUT2D eigenvalue weighted by Gasteiger charge is 2.51. The Morgan fingerprint density at radius 1 is 1.18 bits per heavy atom. The number of hydrogen-bond donors (Lipinski definition) is 1. The number of methoxy groups -OCH3 is 1. The molecule has 0 spiro atoms. The Kier molecular flexibility index (Phi) is 11.5. The fourth-order valence-corrected chi connectivity index (χ4v) is 5.58. The van der Waals surface area contributed by atoms with Crippen molar-refractivity contribution in [1.29, 1.82) is 0 Å². The van der Waals surface area contributed by atoms with E-state index >= 15 is 0 Å². The van der Waals surface area contributed by atoms with E-state index in [4.69, 9.17) is 4.79 Å². The fourth-order valence-electron chi connectivity index (χ4n) is 5.58. The van der Waals surface area contributed by atoms with Crippen molar-refractivity contribution < 1.29 is 24.2 Å². The smallest absolute Gasteiger partial charge is 0.292 e. The van der Waals surface area contributed by atoms with Crippen LogP contribution in [0.25, 0.3) is 0 Å². The van der Waals surface area contributed by atoms with Crippen LogP contribution in [0.4, 0.5) is 0 Å². The zero-order chi connectivity index (χ0) is 25.2. The molecule has 0 saturated heterocycles. The number of aldehydes is 1. The van der Waals surface area contributed by atoms with E-state index < -0.39 is 6.10 Å². The largest absolute Gasteiger partial charge is 0.471 e. The molecule has 5 nitrogen and oxygen atoms in total. The molecule has 0 aromatic carbocycles. The van der Waals surface area contributed by atoms with Gasteiger partial charge >= 0.3 is 0 Å². The van der Waals surface area contributed by atoms with Crippen LogP contribution in [-0.4, -0.2) is 36.9 Å². The molecule has 4 aliphatic rings. The second-order valence-electron chi connectivity index (χ2n) is 9.53. The lowest BCUT2D eigenvalue weighted by atomic mass is 9.54. The molecule has 3 unspecified atom stereocenters. The van der Waals surface area contributed by atoms with E-state index in [2.05, 4.69) is 31.6 Å². The van der Waals surface area contributed by atoms with Gasteiger partial charge in [0.1, 0.15) is 6.29 Å². The molecule has 0 bridgehead atoms. The third kappa shape index (κ3) is 6.11. The van der Waals surface area contributed by atoms with Gasteiger partial charge in [-0.25, -0.2) is 0 Å². The molecule has 4 aliphatic carbocycles. The molecule has 33 heavy (non-hydrogen) atoms. The Morgan fingerprint density at radius 3 is 2.33 bits per heavy atom.